The molecule has 0 aromatic carbocycles. The first-order chi connectivity index (χ1) is 9.72. The molecular weight excluding hydrogens is 274 g/mol. The summed E-state index contributed by atoms with van der Waals surface area (Å²) in [5.41, 5.74) is 0.679. The topological polar surface area (TPSA) is 67.2 Å². The molecule has 0 unspecified atom stereocenters. The molecule has 2 N–H and O–H groups in total. The number of nitrogens with one attached hydrogen (secondary N) is 1. The molecule has 0 atom stereocenters. The van der Waals surface area contributed by atoms with E-state index in [1.807, 2.05) is 6.92 Å². The molecule has 20 heavy (non-hydrogen) atoms. The third-order valence-corrected chi connectivity index (χ3v) is 3.49. The van der Waals surface area contributed by atoms with Gasteiger partial charge < -0.3 is 10.4 Å². The Morgan fingerprint density at radius 2 is 2.40 bits per heavy atom. The summed E-state index contributed by atoms with van der Waals surface area (Å²) < 4.78 is 1.75. The summed E-state index contributed by atoms with van der Waals surface area (Å²) in [7, 11) is 0. The van der Waals surface area contributed by atoms with Crippen molar-refractivity contribution in [3.05, 3.63) is 34.3 Å². The fraction of sp³-hybridized carbons (Fsp3) is 0.286. The number of rotatable bonds is 4. The molecule has 0 saturated heterocycles. The second-order valence-electron chi connectivity index (χ2n) is 3.98. The minimum Gasteiger partial charge on any atom is -0.395 e. The number of thiophene rings is 1. The molecular formula is C14H15N3O2S. The number of aliphatic hydroxyl groups is 1. The summed E-state index contributed by atoms with van der Waals surface area (Å²) in [5, 5.41) is 15.5. The van der Waals surface area contributed by atoms with Crippen LogP contribution >= 0.6 is 11.3 Å². The zero-order valence-electron chi connectivity index (χ0n) is 11.1. The molecule has 0 aliphatic heterocycles. The van der Waals surface area contributed by atoms with Gasteiger partial charge in [0.1, 0.15) is 0 Å². The Morgan fingerprint density at radius 1 is 1.55 bits per heavy atom. The molecule has 0 saturated carbocycles. The van der Waals surface area contributed by atoms with Gasteiger partial charge in [0, 0.05) is 19.2 Å². The van der Waals surface area contributed by atoms with Gasteiger partial charge in [-0.1, -0.05) is 11.8 Å². The van der Waals surface area contributed by atoms with Crippen molar-refractivity contribution in [1.82, 2.24) is 9.78 Å². The average molecular weight is 289 g/mol. The summed E-state index contributed by atoms with van der Waals surface area (Å²) in [6.45, 7) is 2.79. The molecule has 0 radical (unpaired) electrons. The Hall–Kier alpha value is -2.10. The highest BCUT2D eigenvalue weighted by Gasteiger charge is 2.09. The second kappa shape index (κ2) is 6.89. The summed E-state index contributed by atoms with van der Waals surface area (Å²) in [6.07, 6.45) is 3.85. The van der Waals surface area contributed by atoms with E-state index in [1.54, 1.807) is 29.2 Å². The predicted molar refractivity (Wildman–Crippen MR) is 78.8 cm³/mol. The van der Waals surface area contributed by atoms with E-state index < -0.39 is 0 Å². The SMILES string of the molecule is CCn1cc(NC(=O)c2ccc(C#CCCO)s2)cn1. The number of nitrogens with zero attached hydrogens (tertiary/aromatic N) is 2. The van der Waals surface area contributed by atoms with Gasteiger partial charge in [-0.2, -0.15) is 5.10 Å². The number of amides is 1. The third-order valence-electron chi connectivity index (χ3n) is 2.49. The van der Waals surface area contributed by atoms with E-state index in [2.05, 4.69) is 22.3 Å². The van der Waals surface area contributed by atoms with E-state index in [1.165, 1.54) is 11.3 Å². The Labute approximate surface area is 121 Å². The fourth-order valence-electron chi connectivity index (χ4n) is 1.53. The number of anilines is 1. The number of aliphatic hydroxyl groups excluding tert-OH is 1. The quantitative estimate of drug-likeness (QED) is 0.845. The van der Waals surface area contributed by atoms with E-state index in [-0.39, 0.29) is 12.5 Å². The summed E-state index contributed by atoms with van der Waals surface area (Å²) in [6, 6.07) is 3.55. The van der Waals surface area contributed by atoms with Crippen molar-refractivity contribution in [2.24, 2.45) is 0 Å². The number of hydrogen-bond donors (Lipinski definition) is 2. The Kier molecular flexibility index (Phi) is 4.93. The molecule has 2 heterocycles. The minimum atomic E-state index is -0.166. The zero-order valence-corrected chi connectivity index (χ0v) is 11.9. The smallest absolute Gasteiger partial charge is 0.265 e. The van der Waals surface area contributed by atoms with Crippen LogP contribution in [-0.4, -0.2) is 27.4 Å². The maximum absolute atomic E-state index is 12.0. The van der Waals surface area contributed by atoms with Crippen molar-refractivity contribution >= 4 is 22.9 Å². The van der Waals surface area contributed by atoms with Crippen molar-refractivity contribution in [3.8, 4) is 11.8 Å². The molecule has 1 amide bonds. The van der Waals surface area contributed by atoms with Crippen LogP contribution in [0.3, 0.4) is 0 Å². The van der Waals surface area contributed by atoms with Crippen molar-refractivity contribution in [2.45, 2.75) is 19.9 Å². The predicted octanol–water partition coefficient (Wildman–Crippen LogP) is 1.95. The fourth-order valence-corrected chi connectivity index (χ4v) is 2.30. The van der Waals surface area contributed by atoms with Crippen LogP contribution in [-0.2, 0) is 6.54 Å². The maximum atomic E-state index is 12.0. The monoisotopic (exact) mass is 289 g/mol. The van der Waals surface area contributed by atoms with E-state index in [9.17, 15) is 4.79 Å². The highest BCUT2D eigenvalue weighted by atomic mass is 32.1. The van der Waals surface area contributed by atoms with Gasteiger partial charge >= 0.3 is 0 Å². The summed E-state index contributed by atoms with van der Waals surface area (Å²) in [4.78, 5) is 13.4. The van der Waals surface area contributed by atoms with Gasteiger partial charge in [0.15, 0.2) is 0 Å². The number of hydrogen-bond acceptors (Lipinski definition) is 4. The lowest BCUT2D eigenvalue weighted by Crippen LogP contribution is -2.09. The summed E-state index contributed by atoms with van der Waals surface area (Å²) >= 11 is 1.33. The lowest BCUT2D eigenvalue weighted by molar-refractivity contribution is 0.103. The van der Waals surface area contributed by atoms with E-state index >= 15 is 0 Å². The Balaban J connectivity index is 2.01. The number of aromatic nitrogens is 2. The Morgan fingerprint density at radius 3 is 3.10 bits per heavy atom. The van der Waals surface area contributed by atoms with Gasteiger partial charge in [-0.3, -0.25) is 9.48 Å². The maximum Gasteiger partial charge on any atom is 0.265 e. The molecule has 0 spiro atoms. The normalized spacial score (nSPS) is 9.90. The van der Waals surface area contributed by atoms with E-state index in [4.69, 9.17) is 5.11 Å². The number of aryl methyl sites for hydroxylation is 1. The van der Waals surface area contributed by atoms with Crippen LogP contribution in [0.15, 0.2) is 24.5 Å². The molecule has 0 aliphatic carbocycles. The van der Waals surface area contributed by atoms with Crippen LogP contribution in [0, 0.1) is 11.8 Å². The van der Waals surface area contributed by atoms with Gasteiger partial charge in [-0.25, -0.2) is 0 Å². The lowest BCUT2D eigenvalue weighted by Gasteiger charge is -1.98. The van der Waals surface area contributed by atoms with Crippen molar-refractivity contribution in [3.63, 3.8) is 0 Å². The number of carbonyl (C=O) groups is 1. The molecule has 2 aromatic heterocycles. The van der Waals surface area contributed by atoms with Crippen molar-refractivity contribution in [1.29, 1.82) is 0 Å². The largest absolute Gasteiger partial charge is 0.395 e. The molecule has 2 rings (SSSR count). The highest BCUT2D eigenvalue weighted by molar-refractivity contribution is 7.14. The van der Waals surface area contributed by atoms with Gasteiger partial charge in [0.2, 0.25) is 0 Å². The molecule has 2 aromatic rings. The molecule has 6 heteroatoms. The minimum absolute atomic E-state index is 0.0487. The van der Waals surface area contributed by atoms with E-state index in [0.717, 1.165) is 11.4 Å². The molecule has 0 fully saturated rings. The first-order valence-corrected chi connectivity index (χ1v) is 7.08. The van der Waals surface area contributed by atoms with Crippen LogP contribution in [0.2, 0.25) is 0 Å². The molecule has 104 valence electrons. The van der Waals surface area contributed by atoms with Crippen LogP contribution in [0.25, 0.3) is 0 Å². The van der Waals surface area contributed by atoms with Crippen LogP contribution in [0.5, 0.6) is 0 Å². The molecule has 5 nitrogen and oxygen atoms in total. The van der Waals surface area contributed by atoms with Crippen molar-refractivity contribution in [2.75, 3.05) is 11.9 Å². The molecule has 0 bridgehead atoms. The van der Waals surface area contributed by atoms with Crippen LogP contribution in [0.4, 0.5) is 5.69 Å². The molecule has 0 aliphatic rings. The highest BCUT2D eigenvalue weighted by Crippen LogP contribution is 2.17. The standard InChI is InChI=1S/C14H15N3O2S/c1-2-17-10-11(9-15-17)16-14(19)13-7-6-12(20-13)5-3-4-8-18/h6-7,9-10,18H,2,4,8H2,1H3,(H,16,19). The lowest BCUT2D eigenvalue weighted by atomic mass is 10.4. The van der Waals surface area contributed by atoms with Gasteiger partial charge in [-0.05, 0) is 19.1 Å². The third kappa shape index (κ3) is 3.70. The average Bonchev–Trinajstić information content (AvgIpc) is 3.08. The van der Waals surface area contributed by atoms with Crippen LogP contribution in [0.1, 0.15) is 27.9 Å². The first-order valence-electron chi connectivity index (χ1n) is 6.26. The van der Waals surface area contributed by atoms with Gasteiger partial charge in [-0.15, -0.1) is 11.3 Å². The van der Waals surface area contributed by atoms with E-state index in [0.29, 0.717) is 17.0 Å². The Bertz CT molecular complexity index is 649. The van der Waals surface area contributed by atoms with Crippen LogP contribution < -0.4 is 5.32 Å². The zero-order chi connectivity index (χ0) is 14.4. The summed E-state index contributed by atoms with van der Waals surface area (Å²) in [5.74, 6) is 5.57. The first kappa shape index (κ1) is 14.3. The second-order valence-corrected chi connectivity index (χ2v) is 5.06. The van der Waals surface area contributed by atoms with Crippen molar-refractivity contribution < 1.29 is 9.90 Å². The van der Waals surface area contributed by atoms with Gasteiger partial charge in [0.25, 0.3) is 5.91 Å². The number of carbonyl (C=O) groups excluding carboxylic acids is 1. The van der Waals surface area contributed by atoms with Gasteiger partial charge in [0.05, 0.1) is 28.2 Å².